The first kappa shape index (κ1) is 27.9. The van der Waals surface area contributed by atoms with Crippen molar-refractivity contribution < 1.29 is 19.1 Å². The predicted molar refractivity (Wildman–Crippen MR) is 157 cm³/mol. The first-order chi connectivity index (χ1) is 20.0. The van der Waals surface area contributed by atoms with E-state index in [1.165, 1.54) is 0 Å². The summed E-state index contributed by atoms with van der Waals surface area (Å²) < 4.78 is 7.42. The van der Waals surface area contributed by atoms with Crippen molar-refractivity contribution in [2.24, 2.45) is 11.8 Å². The van der Waals surface area contributed by atoms with Crippen LogP contribution >= 0.6 is 0 Å². The summed E-state index contributed by atoms with van der Waals surface area (Å²) in [5.74, 6) is 1.25. The van der Waals surface area contributed by atoms with Gasteiger partial charge in [0, 0.05) is 68.9 Å². The molecule has 6 rings (SSSR count). The summed E-state index contributed by atoms with van der Waals surface area (Å²) in [5, 5.41) is 6.90. The number of fused-ring (bicyclic) bond motifs is 2. The highest BCUT2D eigenvalue weighted by atomic mass is 16.6. The molecule has 0 bridgehead atoms. The third-order valence-corrected chi connectivity index (χ3v) is 8.31. The van der Waals surface area contributed by atoms with E-state index in [-0.39, 0.29) is 35.7 Å². The minimum atomic E-state index is -0.542. The van der Waals surface area contributed by atoms with Crippen LogP contribution in [0, 0.1) is 11.8 Å². The van der Waals surface area contributed by atoms with Crippen LogP contribution in [0.5, 0.6) is 0 Å². The van der Waals surface area contributed by atoms with Crippen molar-refractivity contribution in [3.8, 4) is 0 Å². The summed E-state index contributed by atoms with van der Waals surface area (Å²) in [5.41, 5.74) is 1.31. The van der Waals surface area contributed by atoms with Crippen LogP contribution in [-0.2, 0) is 4.74 Å². The Kier molecular flexibility index (Phi) is 7.02. The molecule has 2 aliphatic carbocycles. The quantitative estimate of drug-likeness (QED) is 0.452. The smallest absolute Gasteiger partial charge is 0.407 e. The Balaban J connectivity index is 1.10. The molecule has 0 spiro atoms. The number of pyridine rings is 1. The molecule has 2 N–H and O–H groups in total. The number of ether oxygens (including phenoxy) is 1. The molecule has 3 aromatic rings. The highest BCUT2D eigenvalue weighted by Gasteiger charge is 2.57. The number of nitrogens with zero attached hydrogens (tertiary/aromatic N) is 6. The van der Waals surface area contributed by atoms with Crippen molar-refractivity contribution >= 4 is 40.7 Å². The fourth-order valence-electron chi connectivity index (χ4n) is 6.24. The normalized spacial score (nSPS) is 21.7. The largest absolute Gasteiger partial charge is 0.444 e. The summed E-state index contributed by atoms with van der Waals surface area (Å²) >= 11 is 0. The van der Waals surface area contributed by atoms with Crippen molar-refractivity contribution in [2.45, 2.75) is 64.1 Å². The third-order valence-electron chi connectivity index (χ3n) is 8.31. The number of nitrogens with one attached hydrogen (secondary N) is 2. The minimum absolute atomic E-state index is 0.0535. The van der Waals surface area contributed by atoms with Crippen molar-refractivity contribution in [2.75, 3.05) is 32.5 Å². The van der Waals surface area contributed by atoms with Gasteiger partial charge in [0.2, 0.25) is 5.95 Å². The van der Waals surface area contributed by atoms with Crippen LogP contribution in [0.1, 0.15) is 73.3 Å². The summed E-state index contributed by atoms with van der Waals surface area (Å²) in [6, 6.07) is 5.63. The number of hydrogen-bond acceptors (Lipinski definition) is 8. The number of anilines is 2. The first-order valence-electron chi connectivity index (χ1n) is 14.6. The van der Waals surface area contributed by atoms with Crippen molar-refractivity contribution in [3.05, 3.63) is 41.9 Å². The van der Waals surface area contributed by atoms with Gasteiger partial charge in [0.1, 0.15) is 22.8 Å². The number of aromatic nitrogens is 4. The van der Waals surface area contributed by atoms with Crippen LogP contribution in [-0.4, -0.2) is 86.1 Å². The highest BCUT2D eigenvalue weighted by Crippen LogP contribution is 2.46. The number of carbonyl (C=O) groups is 3. The molecule has 1 aliphatic heterocycles. The molecular formula is C30H38N8O4. The Labute approximate surface area is 244 Å². The Morgan fingerprint density at radius 3 is 2.36 bits per heavy atom. The maximum atomic E-state index is 13.1. The maximum absolute atomic E-state index is 13.1. The summed E-state index contributed by atoms with van der Waals surface area (Å²) in [4.78, 5) is 55.2. The second-order valence-electron chi connectivity index (χ2n) is 12.8. The fraction of sp³-hybridized carbons (Fsp3) is 0.533. The SMILES string of the molecule is CN(C)C(=O)c1cc2cnc(Nc3ccc(C(=O)N4C[C@@H]5[C@H](C4)[C@@H]5NC(=O)OC(C)(C)C)cn3)nc2n1C1CCCC1. The molecule has 42 heavy (non-hydrogen) atoms. The molecule has 3 aliphatic rings. The number of rotatable bonds is 6. The third kappa shape index (κ3) is 5.49. The van der Waals surface area contributed by atoms with Crippen LogP contribution in [0.15, 0.2) is 30.6 Å². The van der Waals surface area contributed by atoms with E-state index >= 15 is 0 Å². The Bertz CT molecular complexity index is 1510. The van der Waals surface area contributed by atoms with E-state index in [9.17, 15) is 14.4 Å². The molecule has 0 unspecified atom stereocenters. The van der Waals surface area contributed by atoms with E-state index in [1.54, 1.807) is 43.5 Å². The van der Waals surface area contributed by atoms with Crippen LogP contribution in [0.4, 0.5) is 16.6 Å². The standard InChI is InChI=1S/C30H38N8O4/c1-30(2,3)42-29(41)34-24-20-15-37(16-21(20)24)26(39)17-10-11-23(31-13-17)33-28-32-14-18-12-22(27(40)36(4)5)38(25(18)35-28)19-8-6-7-9-19/h10-14,19-21,24H,6-9,15-16H2,1-5H3,(H,34,41)(H,31,32,33,35)/t20-,21+,24-. The van der Waals surface area contributed by atoms with Gasteiger partial charge in [0.05, 0.1) is 5.56 Å². The highest BCUT2D eigenvalue weighted by molar-refractivity contribution is 5.98. The maximum Gasteiger partial charge on any atom is 0.407 e. The summed E-state index contributed by atoms with van der Waals surface area (Å²) in [7, 11) is 3.51. The van der Waals surface area contributed by atoms with E-state index in [1.807, 2.05) is 31.7 Å². The molecule has 1 saturated heterocycles. The van der Waals surface area contributed by atoms with Crippen LogP contribution in [0.2, 0.25) is 0 Å². The van der Waals surface area contributed by atoms with Crippen molar-refractivity contribution in [3.63, 3.8) is 0 Å². The van der Waals surface area contributed by atoms with E-state index < -0.39 is 11.7 Å². The van der Waals surface area contributed by atoms with Gasteiger partial charge in [-0.15, -0.1) is 0 Å². The lowest BCUT2D eigenvalue weighted by Crippen LogP contribution is -2.39. The molecule has 12 heteroatoms. The first-order valence-corrected chi connectivity index (χ1v) is 14.6. The van der Waals surface area contributed by atoms with E-state index in [0.717, 1.165) is 36.7 Å². The lowest BCUT2D eigenvalue weighted by atomic mass is 10.2. The number of piperidine rings is 1. The van der Waals surface area contributed by atoms with Crippen LogP contribution in [0.25, 0.3) is 11.0 Å². The number of likely N-dealkylation sites (tertiary alicyclic amines) is 1. The molecule has 222 valence electrons. The molecule has 4 heterocycles. The minimum Gasteiger partial charge on any atom is -0.444 e. The molecule has 2 saturated carbocycles. The Hall–Kier alpha value is -4.22. The zero-order chi connectivity index (χ0) is 29.8. The van der Waals surface area contributed by atoms with Crippen LogP contribution in [0.3, 0.4) is 0 Å². The molecule has 0 aromatic carbocycles. The number of alkyl carbamates (subject to hydrolysis) is 1. The van der Waals surface area contributed by atoms with E-state index in [2.05, 4.69) is 25.2 Å². The molecule has 3 fully saturated rings. The van der Waals surface area contributed by atoms with Gasteiger partial charge in [0.25, 0.3) is 11.8 Å². The van der Waals surface area contributed by atoms with Gasteiger partial charge in [-0.05, 0) is 51.8 Å². The second kappa shape index (κ2) is 10.6. The summed E-state index contributed by atoms with van der Waals surface area (Å²) in [6.45, 7) is 6.69. The van der Waals surface area contributed by atoms with E-state index in [4.69, 9.17) is 9.72 Å². The fourth-order valence-corrected chi connectivity index (χ4v) is 6.24. The average molecular weight is 575 g/mol. The van der Waals surface area contributed by atoms with Gasteiger partial charge in [0.15, 0.2) is 0 Å². The van der Waals surface area contributed by atoms with Gasteiger partial charge in [-0.1, -0.05) is 12.8 Å². The van der Waals surface area contributed by atoms with Gasteiger partial charge in [-0.2, -0.15) is 4.98 Å². The molecule has 0 radical (unpaired) electrons. The Morgan fingerprint density at radius 1 is 1.02 bits per heavy atom. The predicted octanol–water partition coefficient (Wildman–Crippen LogP) is 3.98. The van der Waals surface area contributed by atoms with Gasteiger partial charge < -0.3 is 29.7 Å². The van der Waals surface area contributed by atoms with Gasteiger partial charge in [-0.3, -0.25) is 9.59 Å². The zero-order valence-electron chi connectivity index (χ0n) is 24.8. The molecule has 3 aromatic heterocycles. The molecule has 3 atom stereocenters. The van der Waals surface area contributed by atoms with Gasteiger partial charge in [-0.25, -0.2) is 14.8 Å². The van der Waals surface area contributed by atoms with Gasteiger partial charge >= 0.3 is 6.09 Å². The molecular weight excluding hydrogens is 536 g/mol. The number of amides is 3. The topological polar surface area (TPSA) is 135 Å². The second-order valence-corrected chi connectivity index (χ2v) is 12.8. The lowest BCUT2D eigenvalue weighted by Gasteiger charge is -2.22. The number of hydrogen-bond donors (Lipinski definition) is 2. The van der Waals surface area contributed by atoms with Crippen molar-refractivity contribution in [1.82, 2.24) is 34.6 Å². The lowest BCUT2D eigenvalue weighted by molar-refractivity contribution is 0.0513. The Morgan fingerprint density at radius 2 is 1.74 bits per heavy atom. The van der Waals surface area contributed by atoms with Crippen LogP contribution < -0.4 is 10.6 Å². The van der Waals surface area contributed by atoms with E-state index in [0.29, 0.717) is 36.1 Å². The zero-order valence-corrected chi connectivity index (χ0v) is 24.8. The van der Waals surface area contributed by atoms with Crippen molar-refractivity contribution in [1.29, 1.82) is 0 Å². The molecule has 3 amide bonds. The molecule has 12 nitrogen and oxygen atoms in total. The summed E-state index contributed by atoms with van der Waals surface area (Å²) in [6.07, 6.45) is 7.16. The average Bonchev–Trinajstić information content (AvgIpc) is 3.42. The monoisotopic (exact) mass is 574 g/mol. The number of carbonyl (C=O) groups excluding carboxylic acids is 3.